The molecule has 0 radical (unpaired) electrons. The van der Waals surface area contributed by atoms with Crippen LogP contribution in [0.5, 0.6) is 11.5 Å². The van der Waals surface area contributed by atoms with Crippen molar-refractivity contribution in [2.75, 3.05) is 19.8 Å². The van der Waals surface area contributed by atoms with E-state index in [1.807, 2.05) is 0 Å². The van der Waals surface area contributed by atoms with Gasteiger partial charge in [0.05, 0.1) is 13.2 Å². The molecule has 0 spiro atoms. The van der Waals surface area contributed by atoms with E-state index in [2.05, 4.69) is 47.2 Å². The summed E-state index contributed by atoms with van der Waals surface area (Å²) in [4.78, 5) is 0. The van der Waals surface area contributed by atoms with Crippen LogP contribution in [0, 0.1) is 11.8 Å². The van der Waals surface area contributed by atoms with Gasteiger partial charge < -0.3 is 14.8 Å². The van der Waals surface area contributed by atoms with Gasteiger partial charge in [0.2, 0.25) is 0 Å². The fraction of sp³-hybridized carbons (Fsp3) is 0.647. The molecule has 1 saturated carbocycles. The molecule has 1 aromatic rings. The number of nitrogens with one attached hydrogen (secondary N) is 1. The average molecular weight is 354 g/mol. The van der Waals surface area contributed by atoms with E-state index in [4.69, 9.17) is 9.47 Å². The van der Waals surface area contributed by atoms with Gasteiger partial charge >= 0.3 is 0 Å². The van der Waals surface area contributed by atoms with Gasteiger partial charge in [-0.15, -0.1) is 0 Å². The molecule has 116 valence electrons. The molecule has 21 heavy (non-hydrogen) atoms. The lowest BCUT2D eigenvalue weighted by molar-refractivity contribution is 0.297. The fourth-order valence-corrected chi connectivity index (χ4v) is 3.61. The summed E-state index contributed by atoms with van der Waals surface area (Å²) in [5, 5.41) is 3.71. The molecule has 3 rings (SSSR count). The SMILES string of the molecule is CCCNC(c1cc2c(cc1Br)OCCCO2)C1CC1C. The van der Waals surface area contributed by atoms with Crippen molar-refractivity contribution >= 4 is 15.9 Å². The van der Waals surface area contributed by atoms with Crippen LogP contribution in [0.3, 0.4) is 0 Å². The van der Waals surface area contributed by atoms with Gasteiger partial charge in [-0.05, 0) is 48.9 Å². The van der Waals surface area contributed by atoms with Crippen LogP contribution in [0.2, 0.25) is 0 Å². The Labute approximate surface area is 135 Å². The zero-order chi connectivity index (χ0) is 14.8. The van der Waals surface area contributed by atoms with Gasteiger partial charge in [-0.25, -0.2) is 0 Å². The van der Waals surface area contributed by atoms with E-state index in [0.29, 0.717) is 6.04 Å². The molecular formula is C17H24BrNO2. The van der Waals surface area contributed by atoms with Gasteiger partial charge in [-0.2, -0.15) is 0 Å². The number of halogens is 1. The summed E-state index contributed by atoms with van der Waals surface area (Å²) in [6.45, 7) is 7.07. The maximum absolute atomic E-state index is 5.85. The molecular weight excluding hydrogens is 330 g/mol. The third-order valence-corrected chi connectivity index (χ3v) is 5.10. The minimum Gasteiger partial charge on any atom is -0.490 e. The summed E-state index contributed by atoms with van der Waals surface area (Å²) in [7, 11) is 0. The summed E-state index contributed by atoms with van der Waals surface area (Å²) >= 11 is 3.73. The van der Waals surface area contributed by atoms with Crippen molar-refractivity contribution in [3.05, 3.63) is 22.2 Å². The van der Waals surface area contributed by atoms with E-state index in [-0.39, 0.29) is 0 Å². The van der Waals surface area contributed by atoms with Gasteiger partial charge in [-0.1, -0.05) is 29.8 Å². The smallest absolute Gasteiger partial charge is 0.162 e. The molecule has 3 unspecified atom stereocenters. The quantitative estimate of drug-likeness (QED) is 0.855. The largest absolute Gasteiger partial charge is 0.490 e. The Bertz CT molecular complexity index is 506. The molecule has 2 aliphatic rings. The van der Waals surface area contributed by atoms with E-state index in [9.17, 15) is 0 Å². The molecule has 1 aromatic carbocycles. The molecule has 1 heterocycles. The highest BCUT2D eigenvalue weighted by molar-refractivity contribution is 9.10. The predicted molar refractivity (Wildman–Crippen MR) is 88.1 cm³/mol. The Morgan fingerprint density at radius 2 is 1.95 bits per heavy atom. The molecule has 0 aromatic heterocycles. The van der Waals surface area contributed by atoms with Crippen molar-refractivity contribution in [3.8, 4) is 11.5 Å². The topological polar surface area (TPSA) is 30.5 Å². The highest BCUT2D eigenvalue weighted by Crippen LogP contribution is 2.49. The number of benzene rings is 1. The summed E-state index contributed by atoms with van der Waals surface area (Å²) in [6.07, 6.45) is 3.40. The molecule has 4 heteroatoms. The molecule has 1 aliphatic heterocycles. The third kappa shape index (κ3) is 3.37. The first-order valence-corrected chi connectivity index (χ1v) is 8.82. The van der Waals surface area contributed by atoms with Crippen molar-refractivity contribution in [1.29, 1.82) is 0 Å². The van der Waals surface area contributed by atoms with Gasteiger partial charge in [0.1, 0.15) is 0 Å². The minimum atomic E-state index is 0.409. The molecule has 1 N–H and O–H groups in total. The van der Waals surface area contributed by atoms with E-state index in [1.54, 1.807) is 0 Å². The summed E-state index contributed by atoms with van der Waals surface area (Å²) in [5.74, 6) is 3.29. The summed E-state index contributed by atoms with van der Waals surface area (Å²) < 4.78 is 12.7. The van der Waals surface area contributed by atoms with Gasteiger partial charge in [0.15, 0.2) is 11.5 Å². The van der Waals surface area contributed by atoms with Crippen LogP contribution in [-0.2, 0) is 0 Å². The highest BCUT2D eigenvalue weighted by atomic mass is 79.9. The maximum atomic E-state index is 5.85. The molecule has 1 aliphatic carbocycles. The first-order valence-electron chi connectivity index (χ1n) is 8.03. The fourth-order valence-electron chi connectivity index (χ4n) is 3.05. The van der Waals surface area contributed by atoms with Crippen LogP contribution >= 0.6 is 15.9 Å². The molecule has 0 amide bonds. The maximum Gasteiger partial charge on any atom is 0.162 e. The van der Waals surface area contributed by atoms with Crippen LogP contribution in [0.25, 0.3) is 0 Å². The average Bonchev–Trinajstić information content (AvgIpc) is 3.22. The van der Waals surface area contributed by atoms with Crippen LogP contribution in [-0.4, -0.2) is 19.8 Å². The van der Waals surface area contributed by atoms with Crippen LogP contribution in [0.15, 0.2) is 16.6 Å². The van der Waals surface area contributed by atoms with Crippen molar-refractivity contribution in [1.82, 2.24) is 5.32 Å². The van der Waals surface area contributed by atoms with Crippen molar-refractivity contribution in [3.63, 3.8) is 0 Å². The summed E-state index contributed by atoms with van der Waals surface area (Å²) in [6, 6.07) is 4.65. The summed E-state index contributed by atoms with van der Waals surface area (Å²) in [5.41, 5.74) is 1.31. The van der Waals surface area contributed by atoms with E-state index in [0.717, 1.165) is 60.4 Å². The van der Waals surface area contributed by atoms with E-state index < -0.39 is 0 Å². The lowest BCUT2D eigenvalue weighted by Crippen LogP contribution is -2.24. The Morgan fingerprint density at radius 3 is 2.57 bits per heavy atom. The monoisotopic (exact) mass is 353 g/mol. The van der Waals surface area contributed by atoms with Gasteiger partial charge in [0.25, 0.3) is 0 Å². The normalized spacial score (nSPS) is 25.3. The zero-order valence-electron chi connectivity index (χ0n) is 12.8. The molecule has 3 nitrogen and oxygen atoms in total. The second-order valence-corrected chi connectivity index (χ2v) is 7.03. The Kier molecular flexibility index (Phi) is 4.75. The van der Waals surface area contributed by atoms with Crippen LogP contribution in [0.4, 0.5) is 0 Å². The van der Waals surface area contributed by atoms with Crippen LogP contribution < -0.4 is 14.8 Å². The number of hydrogen-bond donors (Lipinski definition) is 1. The first-order chi connectivity index (χ1) is 10.2. The van der Waals surface area contributed by atoms with Crippen molar-refractivity contribution in [2.45, 2.75) is 39.2 Å². The van der Waals surface area contributed by atoms with Crippen molar-refractivity contribution < 1.29 is 9.47 Å². The lowest BCUT2D eigenvalue weighted by atomic mass is 10.00. The first kappa shape index (κ1) is 15.2. The number of hydrogen-bond acceptors (Lipinski definition) is 3. The third-order valence-electron chi connectivity index (χ3n) is 4.42. The molecule has 0 bridgehead atoms. The zero-order valence-corrected chi connectivity index (χ0v) is 14.4. The number of rotatable bonds is 5. The lowest BCUT2D eigenvalue weighted by Gasteiger charge is -2.22. The van der Waals surface area contributed by atoms with Crippen molar-refractivity contribution in [2.24, 2.45) is 11.8 Å². The number of fused-ring (bicyclic) bond motifs is 1. The second-order valence-electron chi connectivity index (χ2n) is 6.18. The van der Waals surface area contributed by atoms with Gasteiger partial charge in [-0.3, -0.25) is 0 Å². The predicted octanol–water partition coefficient (Wildman–Crippen LogP) is 4.31. The Morgan fingerprint density at radius 1 is 1.29 bits per heavy atom. The highest BCUT2D eigenvalue weighted by Gasteiger charge is 2.40. The molecule has 1 fully saturated rings. The molecule has 3 atom stereocenters. The standard InChI is InChI=1S/C17H24BrNO2/c1-3-5-19-17(12-8-11(12)2)13-9-15-16(10-14(13)18)21-7-4-6-20-15/h9-12,17,19H,3-8H2,1-2H3. The second kappa shape index (κ2) is 6.57. The van der Waals surface area contributed by atoms with E-state index in [1.165, 1.54) is 12.0 Å². The van der Waals surface area contributed by atoms with Gasteiger partial charge in [0, 0.05) is 16.9 Å². The van der Waals surface area contributed by atoms with E-state index >= 15 is 0 Å². The Balaban J connectivity index is 1.89. The minimum absolute atomic E-state index is 0.409. The number of ether oxygens (including phenoxy) is 2. The molecule has 0 saturated heterocycles. The van der Waals surface area contributed by atoms with Crippen LogP contribution in [0.1, 0.15) is 44.7 Å². The Hall–Kier alpha value is -0.740.